The molecule has 2 heterocycles. The summed E-state index contributed by atoms with van der Waals surface area (Å²) in [5.41, 5.74) is 9.16. The lowest BCUT2D eigenvalue weighted by atomic mass is 9.95. The van der Waals surface area contributed by atoms with Gasteiger partial charge < -0.3 is 9.30 Å². The molecular weight excluding hydrogens is 512 g/mol. The average Bonchev–Trinajstić information content (AvgIpc) is 3.37. The molecule has 202 valence electrons. The standard InChI is InChI=1S/C39H30N2O/c1-4-5-6-11-26(2)28-12-9-13-30(22-28)41-37-16-8-7-14-32(37)36-24-29-23-34(27-17-19-31(42-3)20-18-27)33-15-10-21-40-39(33)35(29)25-38(36)41/h4-25H,1H2,2-3H3/b6-5-,26-11+. The third kappa shape index (κ3) is 4.27. The first-order chi connectivity index (χ1) is 20.7. The van der Waals surface area contributed by atoms with Crippen LogP contribution in [0.2, 0.25) is 0 Å². The molecule has 3 nitrogen and oxygen atoms in total. The lowest BCUT2D eigenvalue weighted by Crippen LogP contribution is -1.95. The van der Waals surface area contributed by atoms with Crippen molar-refractivity contribution >= 4 is 49.1 Å². The van der Waals surface area contributed by atoms with Crippen LogP contribution in [0.3, 0.4) is 0 Å². The predicted octanol–water partition coefficient (Wildman–Crippen LogP) is 10.3. The highest BCUT2D eigenvalue weighted by molar-refractivity contribution is 6.19. The van der Waals surface area contributed by atoms with Gasteiger partial charge in [0.1, 0.15) is 5.75 Å². The van der Waals surface area contributed by atoms with E-state index in [1.807, 2.05) is 36.5 Å². The van der Waals surface area contributed by atoms with Crippen LogP contribution in [0.15, 0.2) is 140 Å². The topological polar surface area (TPSA) is 27.1 Å². The van der Waals surface area contributed by atoms with Crippen LogP contribution in [0, 0.1) is 0 Å². The van der Waals surface area contributed by atoms with Crippen molar-refractivity contribution in [2.24, 2.45) is 0 Å². The second-order valence-electron chi connectivity index (χ2n) is 10.5. The first kappa shape index (κ1) is 25.6. The van der Waals surface area contributed by atoms with Crippen molar-refractivity contribution in [3.05, 3.63) is 146 Å². The van der Waals surface area contributed by atoms with Crippen molar-refractivity contribution in [1.29, 1.82) is 0 Å². The number of fused-ring (bicyclic) bond motifs is 6. The quantitative estimate of drug-likeness (QED) is 0.154. The van der Waals surface area contributed by atoms with Gasteiger partial charge in [-0.15, -0.1) is 0 Å². The highest BCUT2D eigenvalue weighted by atomic mass is 16.5. The summed E-state index contributed by atoms with van der Waals surface area (Å²) in [7, 11) is 1.70. The number of rotatable bonds is 6. The SMILES string of the molecule is C=C/C=C\C=C(/C)c1cccc(-n2c3ccccc3c3cc4cc(-c5ccc(OC)cc5)c5cccnc5c4cc32)c1. The number of hydrogen-bond acceptors (Lipinski definition) is 2. The summed E-state index contributed by atoms with van der Waals surface area (Å²) >= 11 is 0. The van der Waals surface area contributed by atoms with Crippen molar-refractivity contribution in [3.63, 3.8) is 0 Å². The molecule has 0 aliphatic carbocycles. The molecule has 3 heteroatoms. The van der Waals surface area contributed by atoms with Gasteiger partial charge in [0.25, 0.3) is 0 Å². The Morgan fingerprint density at radius 3 is 2.43 bits per heavy atom. The fourth-order valence-electron chi connectivity index (χ4n) is 5.98. The number of pyridine rings is 1. The zero-order valence-corrected chi connectivity index (χ0v) is 23.7. The molecular formula is C39H30N2O. The van der Waals surface area contributed by atoms with E-state index >= 15 is 0 Å². The fourth-order valence-corrected chi connectivity index (χ4v) is 5.98. The molecule has 0 aliphatic rings. The van der Waals surface area contributed by atoms with E-state index in [0.29, 0.717) is 0 Å². The van der Waals surface area contributed by atoms with Gasteiger partial charge in [0.2, 0.25) is 0 Å². The first-order valence-electron chi connectivity index (χ1n) is 14.1. The van der Waals surface area contributed by atoms with Crippen molar-refractivity contribution in [1.82, 2.24) is 9.55 Å². The van der Waals surface area contributed by atoms with Crippen molar-refractivity contribution < 1.29 is 4.74 Å². The normalized spacial score (nSPS) is 12.2. The minimum Gasteiger partial charge on any atom is -0.497 e. The molecule has 0 bridgehead atoms. The summed E-state index contributed by atoms with van der Waals surface area (Å²) in [4.78, 5) is 4.91. The molecule has 42 heavy (non-hydrogen) atoms. The maximum absolute atomic E-state index is 5.41. The fraction of sp³-hybridized carbons (Fsp3) is 0.0513. The Labute approximate surface area is 245 Å². The number of hydrogen-bond donors (Lipinski definition) is 0. The molecule has 2 aromatic heterocycles. The van der Waals surface area contributed by atoms with E-state index in [9.17, 15) is 0 Å². The monoisotopic (exact) mass is 542 g/mol. The highest BCUT2D eigenvalue weighted by Gasteiger charge is 2.16. The van der Waals surface area contributed by atoms with Crippen LogP contribution in [0.1, 0.15) is 12.5 Å². The van der Waals surface area contributed by atoms with Gasteiger partial charge in [-0.3, -0.25) is 4.98 Å². The second-order valence-corrected chi connectivity index (χ2v) is 10.5. The molecule has 5 aromatic carbocycles. The summed E-state index contributed by atoms with van der Waals surface area (Å²) in [5, 5.41) is 5.89. The van der Waals surface area contributed by atoms with Crippen molar-refractivity contribution in [2.75, 3.05) is 7.11 Å². The Morgan fingerprint density at radius 2 is 1.60 bits per heavy atom. The summed E-state index contributed by atoms with van der Waals surface area (Å²) in [6.45, 7) is 5.92. The van der Waals surface area contributed by atoms with E-state index in [1.165, 1.54) is 32.8 Å². The van der Waals surface area contributed by atoms with Crippen LogP contribution >= 0.6 is 0 Å². The molecule has 0 fully saturated rings. The minimum absolute atomic E-state index is 0.847. The predicted molar refractivity (Wildman–Crippen MR) is 179 cm³/mol. The van der Waals surface area contributed by atoms with Gasteiger partial charge in [-0.1, -0.05) is 79.4 Å². The van der Waals surface area contributed by atoms with E-state index in [1.54, 1.807) is 13.2 Å². The number of aromatic nitrogens is 2. The van der Waals surface area contributed by atoms with E-state index in [2.05, 4.69) is 109 Å². The average molecular weight is 543 g/mol. The second kappa shape index (κ2) is 10.5. The van der Waals surface area contributed by atoms with Gasteiger partial charge in [0.05, 0.1) is 23.7 Å². The summed E-state index contributed by atoms with van der Waals surface area (Å²) in [6, 6.07) is 36.8. The van der Waals surface area contributed by atoms with Crippen LogP contribution in [0.25, 0.3) is 65.9 Å². The summed E-state index contributed by atoms with van der Waals surface area (Å²) in [6.07, 6.45) is 9.78. The van der Waals surface area contributed by atoms with Crippen LogP contribution in [0.4, 0.5) is 0 Å². The van der Waals surface area contributed by atoms with Crippen molar-refractivity contribution in [2.45, 2.75) is 6.92 Å². The molecule has 7 rings (SSSR count). The Bertz CT molecular complexity index is 2200. The number of nitrogens with zero attached hydrogens (tertiary/aromatic N) is 2. The molecule has 0 saturated heterocycles. The van der Waals surface area contributed by atoms with Gasteiger partial charge in [0.15, 0.2) is 0 Å². The van der Waals surface area contributed by atoms with Gasteiger partial charge >= 0.3 is 0 Å². The molecule has 0 radical (unpaired) electrons. The lowest BCUT2D eigenvalue weighted by molar-refractivity contribution is 0.415. The zero-order chi connectivity index (χ0) is 28.6. The molecule has 0 spiro atoms. The first-order valence-corrected chi connectivity index (χ1v) is 14.1. The summed E-state index contributed by atoms with van der Waals surface area (Å²) < 4.78 is 7.79. The number of para-hydroxylation sites is 1. The molecule has 0 N–H and O–H groups in total. The Balaban J connectivity index is 1.51. The Kier molecular flexibility index (Phi) is 6.41. The number of methoxy groups -OCH3 is 1. The Hall–Kier alpha value is -5.41. The molecule has 0 saturated carbocycles. The largest absolute Gasteiger partial charge is 0.497 e. The number of ether oxygens (including phenoxy) is 1. The van der Waals surface area contributed by atoms with Crippen LogP contribution in [-0.2, 0) is 0 Å². The van der Waals surface area contributed by atoms with Gasteiger partial charge in [-0.2, -0.15) is 0 Å². The van der Waals surface area contributed by atoms with Crippen molar-refractivity contribution in [3.8, 4) is 22.6 Å². The third-order valence-electron chi connectivity index (χ3n) is 8.05. The number of benzene rings is 5. The van der Waals surface area contributed by atoms with Crippen LogP contribution in [-0.4, -0.2) is 16.7 Å². The van der Waals surface area contributed by atoms with Gasteiger partial charge in [-0.25, -0.2) is 0 Å². The number of allylic oxidation sites excluding steroid dienone is 5. The Morgan fingerprint density at radius 1 is 0.762 bits per heavy atom. The third-order valence-corrected chi connectivity index (χ3v) is 8.05. The van der Waals surface area contributed by atoms with E-state index in [-0.39, 0.29) is 0 Å². The van der Waals surface area contributed by atoms with E-state index in [0.717, 1.165) is 44.4 Å². The van der Waals surface area contributed by atoms with Gasteiger partial charge in [0, 0.05) is 33.4 Å². The van der Waals surface area contributed by atoms with Crippen LogP contribution in [0.5, 0.6) is 5.75 Å². The lowest BCUT2D eigenvalue weighted by Gasteiger charge is -2.13. The van der Waals surface area contributed by atoms with Gasteiger partial charge in [-0.05, 0) is 89.2 Å². The summed E-state index contributed by atoms with van der Waals surface area (Å²) in [5.74, 6) is 0.847. The smallest absolute Gasteiger partial charge is 0.118 e. The maximum Gasteiger partial charge on any atom is 0.118 e. The van der Waals surface area contributed by atoms with Crippen LogP contribution < -0.4 is 4.74 Å². The minimum atomic E-state index is 0.847. The maximum atomic E-state index is 5.41. The highest BCUT2D eigenvalue weighted by Crippen LogP contribution is 2.40. The van der Waals surface area contributed by atoms with E-state index < -0.39 is 0 Å². The molecule has 7 aromatic rings. The molecule has 0 amide bonds. The molecule has 0 aliphatic heterocycles. The zero-order valence-electron chi connectivity index (χ0n) is 23.7. The van der Waals surface area contributed by atoms with E-state index in [4.69, 9.17) is 9.72 Å². The molecule has 0 atom stereocenters. The molecule has 0 unspecified atom stereocenters.